The molecule has 0 heterocycles. The van der Waals surface area contributed by atoms with Crippen LogP contribution >= 0.6 is 11.6 Å². The molecule has 0 aromatic heterocycles. The topological polar surface area (TPSA) is 66.4 Å². The third-order valence-corrected chi connectivity index (χ3v) is 1.80. The Hall–Kier alpha value is 0.220. The van der Waals surface area contributed by atoms with Crippen molar-refractivity contribution in [1.82, 2.24) is 0 Å². The van der Waals surface area contributed by atoms with Crippen molar-refractivity contribution in [2.24, 2.45) is 0 Å². The van der Waals surface area contributed by atoms with E-state index in [4.69, 9.17) is 16.2 Å². The monoisotopic (exact) mass is 230 g/mol. The van der Waals surface area contributed by atoms with Crippen LogP contribution in [0.4, 0.5) is 5.69 Å². The average molecular weight is 231 g/mol. The Bertz CT molecular complexity index is 381. The van der Waals surface area contributed by atoms with Crippen molar-refractivity contribution >= 4 is 27.6 Å². The van der Waals surface area contributed by atoms with E-state index < -0.39 is 10.3 Å². The molecule has 66 valence electrons. The fourth-order valence-corrected chi connectivity index (χ4v) is 1.32. The second-order valence-electron chi connectivity index (χ2n) is 2.09. The van der Waals surface area contributed by atoms with Gasteiger partial charge in [0.05, 0.1) is 5.69 Å². The molecule has 2 N–H and O–H groups in total. The maximum absolute atomic E-state index is 10.3. The molecule has 1 aromatic carbocycles. The zero-order chi connectivity index (χ0) is 9.19. The first-order valence-electron chi connectivity index (χ1n) is 2.98. The molecule has 0 aliphatic heterocycles. The Morgan fingerprint density at radius 3 is 2.46 bits per heavy atom. The fraction of sp³-hybridized carbons (Fsp3) is 0. The summed E-state index contributed by atoms with van der Waals surface area (Å²) in [7, 11) is -4.20. The minimum Gasteiger partial charge on any atom is -0.269 e. The van der Waals surface area contributed by atoms with Gasteiger partial charge in [0.1, 0.15) is 0 Å². The van der Waals surface area contributed by atoms with Crippen LogP contribution in [0.15, 0.2) is 24.3 Å². The molecule has 0 saturated carbocycles. The van der Waals surface area contributed by atoms with Crippen molar-refractivity contribution in [3.63, 3.8) is 0 Å². The minimum atomic E-state index is -4.20. The summed E-state index contributed by atoms with van der Waals surface area (Å²) in [6.45, 7) is 0. The van der Waals surface area contributed by atoms with Crippen LogP contribution in [0.2, 0.25) is 5.02 Å². The number of anilines is 1. The van der Waals surface area contributed by atoms with Gasteiger partial charge in [0, 0.05) is 5.02 Å². The molecule has 0 amide bonds. The second kappa shape index (κ2) is 5.19. The summed E-state index contributed by atoms with van der Waals surface area (Å²) in [4.78, 5) is 0. The molecule has 1 aromatic rings. The number of halogens is 1. The Morgan fingerprint density at radius 2 is 2.00 bits per heavy atom. The van der Waals surface area contributed by atoms with Gasteiger partial charge in [-0.15, -0.1) is 0 Å². The van der Waals surface area contributed by atoms with Crippen LogP contribution in [0, 0.1) is 0 Å². The Morgan fingerprint density at radius 1 is 1.38 bits per heavy atom. The second-order valence-corrected chi connectivity index (χ2v) is 3.68. The third-order valence-electron chi connectivity index (χ3n) is 1.07. The van der Waals surface area contributed by atoms with Crippen LogP contribution in [0.3, 0.4) is 0 Å². The van der Waals surface area contributed by atoms with Gasteiger partial charge in [-0.25, -0.2) is 0 Å². The predicted octanol–water partition coefficient (Wildman–Crippen LogP) is -1.44. The quantitative estimate of drug-likeness (QED) is 0.483. The number of hydrogen-bond acceptors (Lipinski definition) is 2. The molecule has 13 heavy (non-hydrogen) atoms. The van der Waals surface area contributed by atoms with E-state index >= 15 is 0 Å². The van der Waals surface area contributed by atoms with E-state index in [2.05, 4.69) is 0 Å². The molecule has 0 unspecified atom stereocenters. The van der Waals surface area contributed by atoms with Crippen molar-refractivity contribution in [1.29, 1.82) is 0 Å². The van der Waals surface area contributed by atoms with Crippen LogP contribution in [-0.2, 0) is 10.3 Å². The predicted molar refractivity (Wildman–Crippen MR) is 46.6 cm³/mol. The molecule has 0 saturated heterocycles. The normalized spacial score (nSPS) is 10.3. The van der Waals surface area contributed by atoms with E-state index in [0.29, 0.717) is 5.02 Å². The van der Waals surface area contributed by atoms with Gasteiger partial charge in [0.25, 0.3) is 0 Å². The van der Waals surface area contributed by atoms with Gasteiger partial charge >= 0.3 is 39.9 Å². The molecule has 4 nitrogen and oxygen atoms in total. The first-order chi connectivity index (χ1) is 5.47. The van der Waals surface area contributed by atoms with Crippen LogP contribution in [0.5, 0.6) is 0 Å². The van der Waals surface area contributed by atoms with Crippen LogP contribution in [0.25, 0.3) is 0 Å². The number of rotatable bonds is 2. The van der Waals surface area contributed by atoms with Gasteiger partial charge in [-0.05, 0) is 18.2 Å². The summed E-state index contributed by atoms with van der Waals surface area (Å²) < 4.78 is 30.9. The Labute approximate surface area is 103 Å². The largest absolute Gasteiger partial charge is 1.00 e. The summed E-state index contributed by atoms with van der Waals surface area (Å²) in [6.07, 6.45) is 0. The molecule has 0 atom stereocenters. The van der Waals surface area contributed by atoms with Crippen LogP contribution in [-0.4, -0.2) is 13.0 Å². The van der Waals surface area contributed by atoms with E-state index in [1.165, 1.54) is 12.1 Å². The van der Waals surface area contributed by atoms with Crippen molar-refractivity contribution in [2.45, 2.75) is 0 Å². The molecular formula is C6H6ClNNaO3S+. The number of nitrogens with one attached hydrogen (secondary N) is 1. The molecular weight excluding hydrogens is 225 g/mol. The van der Waals surface area contributed by atoms with E-state index in [0.717, 1.165) is 0 Å². The van der Waals surface area contributed by atoms with E-state index in [-0.39, 0.29) is 35.2 Å². The van der Waals surface area contributed by atoms with Gasteiger partial charge < -0.3 is 0 Å². The molecule has 7 heteroatoms. The summed E-state index contributed by atoms with van der Waals surface area (Å²) >= 11 is 5.56. The summed E-state index contributed by atoms with van der Waals surface area (Å²) in [6, 6.07) is 6.02. The van der Waals surface area contributed by atoms with Crippen molar-refractivity contribution in [3.05, 3.63) is 29.3 Å². The van der Waals surface area contributed by atoms with Crippen molar-refractivity contribution < 1.29 is 42.5 Å². The molecule has 0 fully saturated rings. The number of hydrogen-bond donors (Lipinski definition) is 2. The molecule has 1 rings (SSSR count). The van der Waals surface area contributed by atoms with Crippen molar-refractivity contribution in [3.8, 4) is 0 Å². The van der Waals surface area contributed by atoms with Gasteiger partial charge in [-0.1, -0.05) is 17.7 Å². The molecule has 0 aliphatic carbocycles. The average Bonchev–Trinajstić information content (AvgIpc) is 1.82. The number of benzene rings is 1. The first kappa shape index (κ1) is 13.2. The Balaban J connectivity index is 0.00000144. The fourth-order valence-electron chi connectivity index (χ4n) is 0.701. The maximum Gasteiger partial charge on any atom is 1.00 e. The van der Waals surface area contributed by atoms with Gasteiger partial charge in [0.2, 0.25) is 0 Å². The first-order valence-corrected chi connectivity index (χ1v) is 4.80. The summed E-state index contributed by atoms with van der Waals surface area (Å²) in [5, 5.41) is 0.392. The van der Waals surface area contributed by atoms with Crippen LogP contribution < -0.4 is 34.3 Å². The minimum absolute atomic E-state index is 0. The molecule has 0 radical (unpaired) electrons. The van der Waals surface area contributed by atoms with Gasteiger partial charge in [-0.2, -0.15) is 8.42 Å². The standard InChI is InChI=1S/C6H6ClNO3S.Na/c7-5-2-1-3-6(4-5)8-12(9,10)11;/h1-4,8H,(H,9,10,11);/q;+1. The van der Waals surface area contributed by atoms with Gasteiger partial charge in [0.15, 0.2) is 0 Å². The zero-order valence-electron chi connectivity index (χ0n) is 6.86. The van der Waals surface area contributed by atoms with Crippen molar-refractivity contribution in [2.75, 3.05) is 4.72 Å². The molecule has 0 aliphatic rings. The van der Waals surface area contributed by atoms with E-state index in [1.807, 2.05) is 4.72 Å². The third kappa shape index (κ3) is 5.51. The van der Waals surface area contributed by atoms with Gasteiger partial charge in [-0.3, -0.25) is 9.27 Å². The van der Waals surface area contributed by atoms with E-state index in [9.17, 15) is 8.42 Å². The zero-order valence-corrected chi connectivity index (χ0v) is 10.4. The van der Waals surface area contributed by atoms with Crippen LogP contribution in [0.1, 0.15) is 0 Å². The smallest absolute Gasteiger partial charge is 0.269 e. The van der Waals surface area contributed by atoms with E-state index in [1.54, 1.807) is 12.1 Å². The molecule has 0 bridgehead atoms. The summed E-state index contributed by atoms with van der Waals surface area (Å²) in [5.41, 5.74) is 0.227. The molecule has 0 spiro atoms. The SMILES string of the molecule is O=S(=O)(O)Nc1cccc(Cl)c1.[Na+]. The Kier molecular flexibility index (Phi) is 5.28. The summed E-state index contributed by atoms with van der Waals surface area (Å²) in [5.74, 6) is 0. The maximum atomic E-state index is 10.3.